The van der Waals surface area contributed by atoms with E-state index in [1.165, 1.54) is 18.0 Å². The van der Waals surface area contributed by atoms with Crippen molar-refractivity contribution in [2.24, 2.45) is 10.4 Å². The van der Waals surface area contributed by atoms with Crippen LogP contribution in [0.25, 0.3) is 0 Å². The average molecular weight is 337 g/mol. The molecule has 1 fully saturated rings. The Morgan fingerprint density at radius 1 is 1.41 bits per heavy atom. The maximum atomic E-state index is 12.4. The molecule has 0 atom stereocenters. The molecule has 0 aliphatic heterocycles. The van der Waals surface area contributed by atoms with E-state index >= 15 is 0 Å². The van der Waals surface area contributed by atoms with Gasteiger partial charge in [-0.15, -0.1) is 0 Å². The summed E-state index contributed by atoms with van der Waals surface area (Å²) in [7, 11) is 0. The van der Waals surface area contributed by atoms with Crippen molar-refractivity contribution >= 4 is 47.0 Å². The lowest BCUT2D eigenvalue weighted by Gasteiger charge is -2.32. The van der Waals surface area contributed by atoms with Gasteiger partial charge in [0.2, 0.25) is 5.91 Å². The molecule has 0 radical (unpaired) electrons. The first-order chi connectivity index (χ1) is 10.5. The van der Waals surface area contributed by atoms with E-state index in [1.54, 1.807) is 6.07 Å². The van der Waals surface area contributed by atoms with Crippen LogP contribution in [0.15, 0.2) is 23.2 Å². The second-order valence-electron chi connectivity index (χ2n) is 6.00. The topological polar surface area (TPSA) is 41.5 Å². The maximum absolute atomic E-state index is 12.4. The summed E-state index contributed by atoms with van der Waals surface area (Å²) >= 11 is 10.8. The van der Waals surface area contributed by atoms with Gasteiger partial charge >= 0.3 is 0 Å². The fourth-order valence-corrected chi connectivity index (χ4v) is 3.06. The van der Waals surface area contributed by atoms with E-state index in [-0.39, 0.29) is 11.3 Å². The smallest absolute Gasteiger partial charge is 0.226 e. The molecule has 1 aromatic carbocycles. The Hall–Kier alpha value is -1.26. The normalized spacial score (nSPS) is 17.4. The van der Waals surface area contributed by atoms with Crippen LogP contribution in [0.3, 0.4) is 0 Å². The predicted molar refractivity (Wildman–Crippen MR) is 96.3 cm³/mol. The predicted octanol–water partition coefficient (Wildman–Crippen LogP) is 4.63. The van der Waals surface area contributed by atoms with Crippen LogP contribution in [0, 0.1) is 5.41 Å². The van der Waals surface area contributed by atoms with Gasteiger partial charge in [0.25, 0.3) is 0 Å². The number of benzene rings is 1. The minimum absolute atomic E-state index is 0.145. The van der Waals surface area contributed by atoms with Crippen molar-refractivity contribution in [3.63, 3.8) is 0 Å². The van der Waals surface area contributed by atoms with Gasteiger partial charge in [-0.3, -0.25) is 9.79 Å². The molecule has 2 rings (SSSR count). The summed E-state index contributed by atoms with van der Waals surface area (Å²) in [5, 5.41) is 5.06. The van der Waals surface area contributed by atoms with Crippen molar-refractivity contribution < 1.29 is 4.79 Å². The van der Waals surface area contributed by atoms with Crippen LogP contribution in [0.2, 0.25) is 5.02 Å². The summed E-state index contributed by atoms with van der Waals surface area (Å²) in [4.78, 5) is 16.6. The van der Waals surface area contributed by atoms with Gasteiger partial charge in [-0.1, -0.05) is 56.1 Å². The summed E-state index contributed by atoms with van der Waals surface area (Å²) in [6.07, 6.45) is 7.00. The molecule has 118 valence electrons. The van der Waals surface area contributed by atoms with Crippen LogP contribution in [0.1, 0.15) is 44.6 Å². The van der Waals surface area contributed by atoms with Crippen LogP contribution >= 0.6 is 23.8 Å². The van der Waals surface area contributed by atoms with Crippen molar-refractivity contribution in [1.82, 2.24) is 5.32 Å². The lowest BCUT2D eigenvalue weighted by Crippen LogP contribution is -2.39. The number of thiocarbonyl (C=S) groups is 1. The highest BCUT2D eigenvalue weighted by Gasteiger charge is 2.34. The van der Waals surface area contributed by atoms with Gasteiger partial charge < -0.3 is 5.32 Å². The molecular formula is C17H21ClN2OS. The summed E-state index contributed by atoms with van der Waals surface area (Å²) in [5.74, 6) is 0.145. The van der Waals surface area contributed by atoms with Gasteiger partial charge in [0, 0.05) is 23.5 Å². The molecule has 22 heavy (non-hydrogen) atoms. The largest absolute Gasteiger partial charge is 0.352 e. The van der Waals surface area contributed by atoms with E-state index < -0.39 is 0 Å². The third kappa shape index (κ3) is 4.37. The highest BCUT2D eigenvalue weighted by molar-refractivity contribution is 7.80. The molecule has 1 aliphatic carbocycles. The Kier molecular flexibility index (Phi) is 6.09. The SMILES string of the molecule is CC1(C(=O)NCc2ccc(Cl)c(N=CC=S)c2)CCCCC1. The summed E-state index contributed by atoms with van der Waals surface area (Å²) in [6.45, 7) is 2.56. The minimum atomic E-state index is -0.219. The number of rotatable bonds is 5. The number of halogens is 1. The molecule has 1 saturated carbocycles. The first kappa shape index (κ1) is 17.1. The Morgan fingerprint density at radius 3 is 2.82 bits per heavy atom. The van der Waals surface area contributed by atoms with Crippen LogP contribution in [0.5, 0.6) is 0 Å². The van der Waals surface area contributed by atoms with Gasteiger partial charge in [0.05, 0.1) is 10.7 Å². The maximum Gasteiger partial charge on any atom is 0.226 e. The molecule has 1 aromatic rings. The van der Waals surface area contributed by atoms with E-state index in [1.807, 2.05) is 12.1 Å². The molecule has 3 nitrogen and oxygen atoms in total. The van der Waals surface area contributed by atoms with Crippen molar-refractivity contribution in [3.8, 4) is 0 Å². The summed E-state index contributed by atoms with van der Waals surface area (Å²) in [6, 6.07) is 5.57. The fraction of sp³-hybridized carbons (Fsp3) is 0.471. The number of nitrogens with one attached hydrogen (secondary N) is 1. The van der Waals surface area contributed by atoms with Gasteiger partial charge in [0.15, 0.2) is 0 Å². The standard InChI is InChI=1S/C17H21ClN2OS/c1-17(7-3-2-4-8-17)16(21)20-12-13-5-6-14(18)15(11-13)19-9-10-22/h5-6,9-11H,2-4,7-8,12H2,1H3,(H,20,21). The Balaban J connectivity index is 2.00. The first-order valence-corrected chi connectivity index (χ1v) is 8.45. The van der Waals surface area contributed by atoms with Crippen molar-refractivity contribution in [1.29, 1.82) is 0 Å². The first-order valence-electron chi connectivity index (χ1n) is 7.60. The number of aliphatic imine (C=N–C) groups is 1. The monoisotopic (exact) mass is 336 g/mol. The molecule has 5 heteroatoms. The number of nitrogens with zero attached hydrogens (tertiary/aromatic N) is 1. The second kappa shape index (κ2) is 7.84. The molecule has 0 bridgehead atoms. The zero-order valence-corrected chi connectivity index (χ0v) is 14.3. The van der Waals surface area contributed by atoms with Gasteiger partial charge in [-0.2, -0.15) is 0 Å². The number of amides is 1. The van der Waals surface area contributed by atoms with E-state index in [0.29, 0.717) is 17.3 Å². The Labute approximate surface area is 142 Å². The zero-order valence-electron chi connectivity index (χ0n) is 12.8. The van der Waals surface area contributed by atoms with Crippen molar-refractivity contribution in [2.75, 3.05) is 0 Å². The molecule has 0 heterocycles. The van der Waals surface area contributed by atoms with Crippen LogP contribution in [-0.2, 0) is 11.3 Å². The van der Waals surface area contributed by atoms with Gasteiger partial charge in [-0.25, -0.2) is 0 Å². The average Bonchev–Trinajstić information content (AvgIpc) is 2.53. The van der Waals surface area contributed by atoms with E-state index in [9.17, 15) is 4.79 Å². The zero-order chi connectivity index (χ0) is 16.0. The summed E-state index contributed by atoms with van der Waals surface area (Å²) in [5.41, 5.74) is 1.43. The van der Waals surface area contributed by atoms with E-state index in [0.717, 1.165) is 31.2 Å². The molecular weight excluding hydrogens is 316 g/mol. The van der Waals surface area contributed by atoms with Crippen LogP contribution in [0.4, 0.5) is 5.69 Å². The molecule has 0 saturated heterocycles. The molecule has 0 spiro atoms. The highest BCUT2D eigenvalue weighted by Crippen LogP contribution is 2.36. The number of hydrogen-bond acceptors (Lipinski definition) is 3. The number of carbonyl (C=O) groups is 1. The minimum Gasteiger partial charge on any atom is -0.352 e. The van der Waals surface area contributed by atoms with Crippen LogP contribution in [-0.4, -0.2) is 17.5 Å². The molecule has 1 N–H and O–H groups in total. The second-order valence-corrected chi connectivity index (χ2v) is 6.68. The quantitative estimate of drug-likeness (QED) is 0.629. The van der Waals surface area contributed by atoms with Gasteiger partial charge in [-0.05, 0) is 30.5 Å². The number of hydrogen-bond donors (Lipinski definition) is 1. The fourth-order valence-electron chi connectivity index (χ4n) is 2.83. The highest BCUT2D eigenvalue weighted by atomic mass is 35.5. The lowest BCUT2D eigenvalue weighted by atomic mass is 9.75. The molecule has 0 unspecified atom stereocenters. The lowest BCUT2D eigenvalue weighted by molar-refractivity contribution is -0.132. The molecule has 1 amide bonds. The Morgan fingerprint density at radius 2 is 2.14 bits per heavy atom. The molecule has 1 aliphatic rings. The van der Waals surface area contributed by atoms with Crippen molar-refractivity contribution in [3.05, 3.63) is 28.8 Å². The van der Waals surface area contributed by atoms with E-state index in [2.05, 4.69) is 17.2 Å². The van der Waals surface area contributed by atoms with Crippen LogP contribution < -0.4 is 5.32 Å². The summed E-state index contributed by atoms with van der Waals surface area (Å²) < 4.78 is 0. The Bertz CT molecular complexity index is 580. The van der Waals surface area contributed by atoms with Gasteiger partial charge in [0.1, 0.15) is 0 Å². The number of carbonyl (C=O) groups excluding carboxylic acids is 1. The van der Waals surface area contributed by atoms with Crippen molar-refractivity contribution in [2.45, 2.75) is 45.6 Å². The third-order valence-corrected chi connectivity index (χ3v) is 4.68. The third-order valence-electron chi connectivity index (χ3n) is 4.24. The van der Waals surface area contributed by atoms with E-state index in [4.69, 9.17) is 23.8 Å². The molecule has 0 aromatic heterocycles.